The fourth-order valence-corrected chi connectivity index (χ4v) is 1.24. The molecule has 14 heavy (non-hydrogen) atoms. The molecule has 0 aromatic carbocycles. The molecule has 3 N–H and O–H groups in total. The molecular weight excluding hydrogens is 262 g/mol. The number of carbonyl (C=O) groups is 1. The van der Waals surface area contributed by atoms with E-state index in [-0.39, 0.29) is 10.3 Å². The van der Waals surface area contributed by atoms with E-state index in [0.29, 0.717) is 0 Å². The Balaban J connectivity index is 3.45. The molecule has 0 bridgehead atoms. The summed E-state index contributed by atoms with van der Waals surface area (Å²) in [5.74, 6) is -1.48. The van der Waals surface area contributed by atoms with Crippen molar-refractivity contribution in [2.24, 2.45) is 0 Å². The minimum atomic E-state index is -2.94. The molecule has 0 atom stereocenters. The quantitative estimate of drug-likeness (QED) is 0.804. The molecule has 1 rings (SSSR count). The lowest BCUT2D eigenvalue weighted by Gasteiger charge is -2.08. The third-order valence-electron chi connectivity index (χ3n) is 1.56. The van der Waals surface area contributed by atoms with Crippen LogP contribution in [0.3, 0.4) is 0 Å². The monoisotopic (exact) mass is 266 g/mol. The lowest BCUT2D eigenvalue weighted by Crippen LogP contribution is -2.08. The normalized spacial score (nSPS) is 10.6. The highest BCUT2D eigenvalue weighted by Gasteiger charge is 2.23. The van der Waals surface area contributed by atoms with Gasteiger partial charge in [-0.05, 0) is 15.9 Å². The number of alkyl halides is 2. The van der Waals surface area contributed by atoms with Gasteiger partial charge in [0.05, 0.1) is 16.8 Å². The first-order valence-electron chi connectivity index (χ1n) is 3.40. The average Bonchev–Trinajstić information content (AvgIpc) is 2.08. The topological polar surface area (TPSA) is 76.2 Å². The van der Waals surface area contributed by atoms with Crippen LogP contribution >= 0.6 is 15.9 Å². The number of aromatic carboxylic acids is 1. The molecule has 0 fully saturated rings. The van der Waals surface area contributed by atoms with Crippen molar-refractivity contribution < 1.29 is 18.7 Å². The molecular formula is C7H5BrF2N2O2. The number of halogens is 3. The number of nitrogens with zero attached hydrogens (tertiary/aromatic N) is 1. The van der Waals surface area contributed by atoms with Gasteiger partial charge in [-0.25, -0.2) is 18.6 Å². The standard InChI is InChI=1S/C7H5BrF2N2O2/c8-5-4(11)3(6(9)10)2(1-12-5)7(13)14/h1,6H,11H2,(H,13,14). The predicted molar refractivity (Wildman–Crippen MR) is 48.3 cm³/mol. The zero-order valence-corrected chi connectivity index (χ0v) is 8.25. The molecule has 7 heteroatoms. The van der Waals surface area contributed by atoms with Gasteiger partial charge in [0.25, 0.3) is 6.43 Å². The molecule has 0 aliphatic heterocycles. The minimum Gasteiger partial charge on any atom is -0.478 e. The van der Waals surface area contributed by atoms with Crippen molar-refractivity contribution in [2.75, 3.05) is 5.73 Å². The van der Waals surface area contributed by atoms with Crippen molar-refractivity contribution >= 4 is 27.6 Å². The van der Waals surface area contributed by atoms with Crippen LogP contribution in [-0.4, -0.2) is 16.1 Å². The van der Waals surface area contributed by atoms with E-state index in [0.717, 1.165) is 6.20 Å². The SMILES string of the molecule is Nc1c(Br)ncc(C(=O)O)c1C(F)F. The van der Waals surface area contributed by atoms with Crippen molar-refractivity contribution in [3.05, 3.63) is 21.9 Å². The third-order valence-corrected chi connectivity index (χ3v) is 2.19. The largest absolute Gasteiger partial charge is 0.478 e. The number of hydrogen-bond acceptors (Lipinski definition) is 3. The number of pyridine rings is 1. The molecule has 0 saturated carbocycles. The molecule has 0 spiro atoms. The van der Waals surface area contributed by atoms with Gasteiger partial charge in [0.1, 0.15) is 4.60 Å². The lowest BCUT2D eigenvalue weighted by atomic mass is 10.1. The van der Waals surface area contributed by atoms with Crippen molar-refractivity contribution in [1.29, 1.82) is 0 Å². The first kappa shape index (κ1) is 10.8. The Morgan fingerprint density at radius 1 is 1.64 bits per heavy atom. The molecule has 1 heterocycles. The molecule has 1 aromatic heterocycles. The summed E-state index contributed by atoms with van der Waals surface area (Å²) in [6.07, 6.45) is -2.11. The summed E-state index contributed by atoms with van der Waals surface area (Å²) < 4.78 is 24.9. The second-order valence-electron chi connectivity index (χ2n) is 2.40. The summed E-state index contributed by atoms with van der Waals surface area (Å²) in [6, 6.07) is 0. The van der Waals surface area contributed by atoms with Gasteiger partial charge in [-0.3, -0.25) is 0 Å². The van der Waals surface area contributed by atoms with E-state index in [1.807, 2.05) is 0 Å². The van der Waals surface area contributed by atoms with E-state index in [9.17, 15) is 13.6 Å². The minimum absolute atomic E-state index is 0.0119. The van der Waals surface area contributed by atoms with Crippen LogP contribution in [0.15, 0.2) is 10.8 Å². The van der Waals surface area contributed by atoms with E-state index >= 15 is 0 Å². The summed E-state index contributed by atoms with van der Waals surface area (Å²) in [5, 5.41) is 8.59. The van der Waals surface area contributed by atoms with Crippen LogP contribution in [-0.2, 0) is 0 Å². The van der Waals surface area contributed by atoms with E-state index in [1.165, 1.54) is 0 Å². The number of hydrogen-bond donors (Lipinski definition) is 2. The first-order valence-corrected chi connectivity index (χ1v) is 4.19. The Bertz CT molecular complexity index is 384. The van der Waals surface area contributed by atoms with Crippen LogP contribution in [0.1, 0.15) is 22.3 Å². The zero-order valence-electron chi connectivity index (χ0n) is 6.67. The average molecular weight is 267 g/mol. The Hall–Kier alpha value is -1.24. The number of carboxylic acids is 1. The van der Waals surface area contributed by atoms with Gasteiger partial charge in [0, 0.05) is 6.20 Å². The second kappa shape index (κ2) is 3.87. The molecule has 4 nitrogen and oxygen atoms in total. The molecule has 76 valence electrons. The maximum Gasteiger partial charge on any atom is 0.337 e. The van der Waals surface area contributed by atoms with Gasteiger partial charge in [-0.15, -0.1) is 0 Å². The second-order valence-corrected chi connectivity index (χ2v) is 3.15. The molecule has 0 saturated heterocycles. The third kappa shape index (κ3) is 1.82. The summed E-state index contributed by atoms with van der Waals surface area (Å²) >= 11 is 2.84. The first-order chi connectivity index (χ1) is 6.45. The van der Waals surface area contributed by atoms with Gasteiger partial charge in [-0.1, -0.05) is 0 Å². The van der Waals surface area contributed by atoms with Crippen molar-refractivity contribution in [1.82, 2.24) is 4.98 Å². The summed E-state index contributed by atoms with van der Waals surface area (Å²) in [6.45, 7) is 0. The molecule has 0 aliphatic rings. The molecule has 1 aromatic rings. The summed E-state index contributed by atoms with van der Waals surface area (Å²) in [4.78, 5) is 14.1. The summed E-state index contributed by atoms with van der Waals surface area (Å²) in [5.41, 5.74) is 3.63. The maximum absolute atomic E-state index is 12.4. The Morgan fingerprint density at radius 3 is 2.64 bits per heavy atom. The van der Waals surface area contributed by atoms with Crippen LogP contribution in [0.2, 0.25) is 0 Å². The van der Waals surface area contributed by atoms with E-state index in [4.69, 9.17) is 10.8 Å². The number of aromatic nitrogens is 1. The highest BCUT2D eigenvalue weighted by Crippen LogP contribution is 2.32. The molecule has 0 aliphatic carbocycles. The molecule has 0 radical (unpaired) electrons. The van der Waals surface area contributed by atoms with Crippen molar-refractivity contribution in [3.63, 3.8) is 0 Å². The highest BCUT2D eigenvalue weighted by atomic mass is 79.9. The number of carboxylic acid groups (broad SMARTS) is 1. The fourth-order valence-electron chi connectivity index (χ4n) is 0.922. The molecule has 0 amide bonds. The van der Waals surface area contributed by atoms with Crippen molar-refractivity contribution in [3.8, 4) is 0 Å². The smallest absolute Gasteiger partial charge is 0.337 e. The summed E-state index contributed by atoms with van der Waals surface area (Å²) in [7, 11) is 0. The highest BCUT2D eigenvalue weighted by molar-refractivity contribution is 9.10. The number of nitrogens with two attached hydrogens (primary N) is 1. The van der Waals surface area contributed by atoms with Crippen LogP contribution in [0.5, 0.6) is 0 Å². The van der Waals surface area contributed by atoms with Gasteiger partial charge >= 0.3 is 5.97 Å². The Kier molecular flexibility index (Phi) is 3.00. The van der Waals surface area contributed by atoms with Crippen LogP contribution in [0, 0.1) is 0 Å². The maximum atomic E-state index is 12.4. The lowest BCUT2D eigenvalue weighted by molar-refractivity contribution is 0.0684. The number of anilines is 1. The van der Waals surface area contributed by atoms with Gasteiger partial charge in [0.15, 0.2) is 0 Å². The van der Waals surface area contributed by atoms with Crippen molar-refractivity contribution in [2.45, 2.75) is 6.43 Å². The fraction of sp³-hybridized carbons (Fsp3) is 0.143. The van der Waals surface area contributed by atoms with E-state index in [2.05, 4.69) is 20.9 Å². The van der Waals surface area contributed by atoms with Crippen LogP contribution in [0.4, 0.5) is 14.5 Å². The van der Waals surface area contributed by atoms with Gasteiger partial charge < -0.3 is 10.8 Å². The molecule has 0 unspecified atom stereocenters. The van der Waals surface area contributed by atoms with Gasteiger partial charge in [-0.2, -0.15) is 0 Å². The van der Waals surface area contributed by atoms with Crippen LogP contribution < -0.4 is 5.73 Å². The Morgan fingerprint density at radius 2 is 2.21 bits per heavy atom. The predicted octanol–water partition coefficient (Wildman–Crippen LogP) is 2.06. The number of rotatable bonds is 2. The Labute approximate surface area is 85.9 Å². The van der Waals surface area contributed by atoms with Crippen LogP contribution in [0.25, 0.3) is 0 Å². The van der Waals surface area contributed by atoms with E-state index < -0.39 is 23.5 Å². The van der Waals surface area contributed by atoms with Gasteiger partial charge in [0.2, 0.25) is 0 Å². The van der Waals surface area contributed by atoms with E-state index in [1.54, 1.807) is 0 Å². The zero-order chi connectivity index (χ0) is 10.9. The number of nitrogen functional groups attached to an aromatic ring is 1.